The second kappa shape index (κ2) is 4.57. The van der Waals surface area contributed by atoms with Gasteiger partial charge in [0.25, 0.3) is 0 Å². The van der Waals surface area contributed by atoms with Gasteiger partial charge < -0.3 is 4.52 Å². The smallest absolute Gasteiger partial charge is 0.328 e. The quantitative estimate of drug-likeness (QED) is 0.800. The third-order valence-corrected chi connectivity index (χ3v) is 2.55. The first-order valence-corrected chi connectivity index (χ1v) is 5.70. The van der Waals surface area contributed by atoms with E-state index in [1.165, 1.54) is 0 Å². The fraction of sp³-hybridized carbons (Fsp3) is 0.545. The molecule has 0 fully saturated rings. The summed E-state index contributed by atoms with van der Waals surface area (Å²) in [6.45, 7) is 6.23. The first-order valence-electron chi connectivity index (χ1n) is 5.70. The topological polar surface area (TPSA) is 65.8 Å². The molecule has 6 heteroatoms. The lowest BCUT2D eigenvalue weighted by Crippen LogP contribution is -2.25. The predicted octanol–water partition coefficient (Wildman–Crippen LogP) is 1.22. The zero-order valence-corrected chi connectivity index (χ0v) is 10.3. The van der Waals surface area contributed by atoms with Crippen molar-refractivity contribution in [1.82, 2.24) is 19.3 Å². The molecule has 0 bridgehead atoms. The Morgan fingerprint density at radius 3 is 2.71 bits per heavy atom. The Bertz CT molecular complexity index is 550. The van der Waals surface area contributed by atoms with Gasteiger partial charge in [-0.25, -0.2) is 4.79 Å². The molecule has 0 spiro atoms. The van der Waals surface area contributed by atoms with Crippen molar-refractivity contribution >= 4 is 0 Å². The van der Waals surface area contributed by atoms with Gasteiger partial charge in [-0.15, -0.1) is 0 Å². The van der Waals surface area contributed by atoms with Crippen LogP contribution >= 0.6 is 0 Å². The number of hydrogen-bond donors (Lipinski definition) is 0. The van der Waals surface area contributed by atoms with E-state index in [1.54, 1.807) is 21.5 Å². The average Bonchev–Trinajstić information content (AvgIpc) is 2.87. The van der Waals surface area contributed by atoms with Crippen molar-refractivity contribution in [2.45, 2.75) is 39.8 Å². The van der Waals surface area contributed by atoms with Gasteiger partial charge in [0.05, 0.1) is 6.54 Å². The van der Waals surface area contributed by atoms with Crippen LogP contribution in [0.3, 0.4) is 0 Å². The Morgan fingerprint density at radius 2 is 2.18 bits per heavy atom. The van der Waals surface area contributed by atoms with E-state index in [-0.39, 0.29) is 11.7 Å². The number of hydrogen-bond acceptors (Lipinski definition) is 4. The number of nitrogens with zero attached hydrogens (tertiary/aromatic N) is 4. The first kappa shape index (κ1) is 11.6. The van der Waals surface area contributed by atoms with Crippen molar-refractivity contribution in [1.29, 1.82) is 0 Å². The second-order valence-electron chi connectivity index (χ2n) is 4.17. The fourth-order valence-electron chi connectivity index (χ4n) is 1.59. The minimum atomic E-state index is -0.0529. The van der Waals surface area contributed by atoms with Crippen LogP contribution in [0.4, 0.5) is 0 Å². The van der Waals surface area contributed by atoms with Crippen LogP contribution in [0.25, 0.3) is 0 Å². The summed E-state index contributed by atoms with van der Waals surface area (Å²) in [5.74, 6) is 1.13. The van der Waals surface area contributed by atoms with E-state index < -0.39 is 0 Å². The third kappa shape index (κ3) is 2.30. The van der Waals surface area contributed by atoms with Crippen LogP contribution in [0.2, 0.25) is 0 Å². The standard InChI is InChI=1S/C11H16N4O2/c1-4-10-12-9(13-17-10)7-14-5-6-15(8(2)3)11(14)16/h5-6,8H,4,7H2,1-3H3. The van der Waals surface area contributed by atoms with E-state index in [9.17, 15) is 4.79 Å². The molecule has 0 aliphatic carbocycles. The number of imidazole rings is 1. The molecule has 0 atom stereocenters. The van der Waals surface area contributed by atoms with Gasteiger partial charge in [0.2, 0.25) is 5.89 Å². The summed E-state index contributed by atoms with van der Waals surface area (Å²) in [4.78, 5) is 16.1. The molecule has 2 heterocycles. The predicted molar refractivity (Wildman–Crippen MR) is 61.9 cm³/mol. The number of aryl methyl sites for hydroxylation is 1. The highest BCUT2D eigenvalue weighted by molar-refractivity contribution is 4.91. The molecule has 0 aliphatic rings. The first-order chi connectivity index (χ1) is 8.11. The zero-order chi connectivity index (χ0) is 12.4. The minimum Gasteiger partial charge on any atom is -0.339 e. The summed E-state index contributed by atoms with van der Waals surface area (Å²) >= 11 is 0. The summed E-state index contributed by atoms with van der Waals surface area (Å²) < 4.78 is 8.24. The monoisotopic (exact) mass is 236 g/mol. The third-order valence-electron chi connectivity index (χ3n) is 2.55. The molecule has 0 N–H and O–H groups in total. The fourth-order valence-corrected chi connectivity index (χ4v) is 1.59. The maximum absolute atomic E-state index is 11.9. The zero-order valence-electron chi connectivity index (χ0n) is 10.3. The van der Waals surface area contributed by atoms with E-state index in [4.69, 9.17) is 4.52 Å². The lowest BCUT2D eigenvalue weighted by atomic mass is 10.4. The summed E-state index contributed by atoms with van der Waals surface area (Å²) in [5, 5.41) is 3.82. The van der Waals surface area contributed by atoms with Gasteiger partial charge in [-0.3, -0.25) is 9.13 Å². The molecule has 2 rings (SSSR count). The van der Waals surface area contributed by atoms with Crippen molar-refractivity contribution in [3.63, 3.8) is 0 Å². The van der Waals surface area contributed by atoms with Crippen molar-refractivity contribution in [2.75, 3.05) is 0 Å². The Balaban J connectivity index is 2.22. The Kier molecular flexibility index (Phi) is 3.12. The molecule has 0 amide bonds. The van der Waals surface area contributed by atoms with E-state index >= 15 is 0 Å². The summed E-state index contributed by atoms with van der Waals surface area (Å²) in [6.07, 6.45) is 4.22. The van der Waals surface area contributed by atoms with Crippen LogP contribution in [0.5, 0.6) is 0 Å². The Morgan fingerprint density at radius 1 is 1.41 bits per heavy atom. The summed E-state index contributed by atoms with van der Waals surface area (Å²) in [6, 6.07) is 0.153. The largest absolute Gasteiger partial charge is 0.339 e. The molecule has 0 unspecified atom stereocenters. The average molecular weight is 236 g/mol. The van der Waals surface area contributed by atoms with Crippen LogP contribution in [0.15, 0.2) is 21.7 Å². The molecule has 0 aliphatic heterocycles. The molecule has 17 heavy (non-hydrogen) atoms. The van der Waals surface area contributed by atoms with Gasteiger partial charge in [-0.05, 0) is 13.8 Å². The highest BCUT2D eigenvalue weighted by Gasteiger charge is 2.09. The van der Waals surface area contributed by atoms with Crippen molar-refractivity contribution in [3.05, 3.63) is 34.6 Å². The second-order valence-corrected chi connectivity index (χ2v) is 4.17. The van der Waals surface area contributed by atoms with Crippen LogP contribution in [0, 0.1) is 0 Å². The highest BCUT2D eigenvalue weighted by Crippen LogP contribution is 2.02. The molecule has 0 saturated heterocycles. The number of rotatable bonds is 4. The number of aromatic nitrogens is 4. The van der Waals surface area contributed by atoms with E-state index in [2.05, 4.69) is 10.1 Å². The molecule has 6 nitrogen and oxygen atoms in total. The molecule has 0 radical (unpaired) electrons. The van der Waals surface area contributed by atoms with Gasteiger partial charge in [-0.2, -0.15) is 4.98 Å². The van der Waals surface area contributed by atoms with Crippen LogP contribution < -0.4 is 5.69 Å². The molecule has 2 aromatic heterocycles. The van der Waals surface area contributed by atoms with Gasteiger partial charge in [0.1, 0.15) is 0 Å². The molecule has 92 valence electrons. The normalized spacial score (nSPS) is 11.3. The van der Waals surface area contributed by atoms with E-state index in [0.29, 0.717) is 24.7 Å². The maximum atomic E-state index is 11.9. The van der Waals surface area contributed by atoms with Crippen molar-refractivity contribution < 1.29 is 4.52 Å². The van der Waals surface area contributed by atoms with Crippen molar-refractivity contribution in [3.8, 4) is 0 Å². The molecule has 2 aromatic rings. The lowest BCUT2D eigenvalue weighted by molar-refractivity contribution is 0.375. The summed E-state index contributed by atoms with van der Waals surface area (Å²) in [7, 11) is 0. The van der Waals surface area contributed by atoms with Gasteiger partial charge >= 0.3 is 5.69 Å². The van der Waals surface area contributed by atoms with E-state index in [0.717, 1.165) is 0 Å². The maximum Gasteiger partial charge on any atom is 0.328 e. The van der Waals surface area contributed by atoms with Gasteiger partial charge in [0, 0.05) is 24.9 Å². The molecular formula is C11H16N4O2. The minimum absolute atomic E-state index is 0.0529. The van der Waals surface area contributed by atoms with Gasteiger partial charge in [0.15, 0.2) is 5.82 Å². The highest BCUT2D eigenvalue weighted by atomic mass is 16.5. The van der Waals surface area contributed by atoms with E-state index in [1.807, 2.05) is 20.8 Å². The molecule has 0 saturated carbocycles. The van der Waals surface area contributed by atoms with Crippen LogP contribution in [-0.4, -0.2) is 19.3 Å². The summed E-state index contributed by atoms with van der Waals surface area (Å²) in [5.41, 5.74) is -0.0529. The van der Waals surface area contributed by atoms with Crippen molar-refractivity contribution in [2.24, 2.45) is 0 Å². The van der Waals surface area contributed by atoms with Gasteiger partial charge in [-0.1, -0.05) is 12.1 Å². The molecule has 0 aromatic carbocycles. The Labute approximate surface area is 98.9 Å². The SMILES string of the molecule is CCc1nc(Cn2ccn(C(C)C)c2=O)no1. The van der Waals surface area contributed by atoms with Crippen LogP contribution in [-0.2, 0) is 13.0 Å². The lowest BCUT2D eigenvalue weighted by Gasteiger charge is -2.03. The molecular weight excluding hydrogens is 220 g/mol. The van der Waals surface area contributed by atoms with Crippen LogP contribution in [0.1, 0.15) is 38.5 Å². The Hall–Kier alpha value is -1.85.